The molecule has 1 heterocycles. The number of anilines is 1. The molecule has 0 aromatic carbocycles. The molecule has 2 unspecified atom stereocenters. The Hall–Kier alpha value is -1.69. The van der Waals surface area contributed by atoms with Crippen molar-refractivity contribution in [2.24, 2.45) is 11.8 Å². The minimum absolute atomic E-state index is 0.0301. The molecule has 1 aliphatic rings. The number of nitrogens with two attached hydrogens (primary N) is 1. The molecule has 2 rings (SSSR count). The van der Waals surface area contributed by atoms with Crippen molar-refractivity contribution in [1.82, 2.24) is 10.3 Å². The van der Waals surface area contributed by atoms with Crippen molar-refractivity contribution in [2.75, 3.05) is 5.43 Å². The van der Waals surface area contributed by atoms with Gasteiger partial charge in [-0.1, -0.05) is 6.92 Å². The highest BCUT2D eigenvalue weighted by molar-refractivity contribution is 5.95. The van der Waals surface area contributed by atoms with Gasteiger partial charge in [-0.3, -0.25) is 4.79 Å². The molecule has 4 N–H and O–H groups in total. The number of hydrazine groups is 1. The van der Waals surface area contributed by atoms with Crippen molar-refractivity contribution in [3.05, 3.63) is 23.6 Å². The lowest BCUT2D eigenvalue weighted by molar-refractivity contribution is 0.0933. The zero-order chi connectivity index (χ0) is 13.1. The highest BCUT2D eigenvalue weighted by atomic mass is 19.1. The lowest BCUT2D eigenvalue weighted by atomic mass is 10.1. The molecule has 1 aliphatic carbocycles. The first-order valence-corrected chi connectivity index (χ1v) is 6.03. The fourth-order valence-electron chi connectivity index (χ4n) is 2.32. The van der Waals surface area contributed by atoms with Crippen LogP contribution in [0.1, 0.15) is 36.5 Å². The van der Waals surface area contributed by atoms with Crippen LogP contribution < -0.4 is 16.6 Å². The second-order valence-corrected chi connectivity index (χ2v) is 4.75. The number of hydrogen-bond donors (Lipinski definition) is 3. The summed E-state index contributed by atoms with van der Waals surface area (Å²) in [4.78, 5) is 15.6. The minimum Gasteiger partial charge on any atom is -0.349 e. The second-order valence-electron chi connectivity index (χ2n) is 4.75. The van der Waals surface area contributed by atoms with E-state index in [4.69, 9.17) is 5.84 Å². The molecular weight excluding hydrogens is 235 g/mol. The minimum atomic E-state index is -0.719. The lowest BCUT2D eigenvalue weighted by Gasteiger charge is -2.13. The van der Waals surface area contributed by atoms with Gasteiger partial charge in [0.15, 0.2) is 11.6 Å². The standard InChI is InChI=1S/C12H17FN4O/c1-7-2-3-8(6-7)16-12(18)9-4-5-15-11(17-14)10(9)13/h4-5,7-8H,2-3,6,14H2,1H3,(H,15,17)(H,16,18). The number of pyridine rings is 1. The molecule has 6 heteroatoms. The van der Waals surface area contributed by atoms with Crippen LogP contribution in [0.4, 0.5) is 10.2 Å². The lowest BCUT2D eigenvalue weighted by Crippen LogP contribution is -2.33. The number of amides is 1. The molecule has 1 aromatic heterocycles. The molecule has 0 spiro atoms. The van der Waals surface area contributed by atoms with E-state index >= 15 is 0 Å². The Morgan fingerprint density at radius 1 is 1.56 bits per heavy atom. The number of carbonyl (C=O) groups is 1. The fourth-order valence-corrected chi connectivity index (χ4v) is 2.32. The summed E-state index contributed by atoms with van der Waals surface area (Å²) in [5, 5.41) is 2.84. The number of nitrogens with zero attached hydrogens (tertiary/aromatic N) is 1. The summed E-state index contributed by atoms with van der Waals surface area (Å²) in [5.41, 5.74) is 2.10. The van der Waals surface area contributed by atoms with E-state index in [-0.39, 0.29) is 17.4 Å². The van der Waals surface area contributed by atoms with E-state index in [1.54, 1.807) is 0 Å². The third kappa shape index (κ3) is 2.59. The van der Waals surface area contributed by atoms with E-state index in [0.29, 0.717) is 5.92 Å². The maximum absolute atomic E-state index is 13.8. The van der Waals surface area contributed by atoms with Crippen LogP contribution in [0.25, 0.3) is 0 Å². The molecule has 0 aliphatic heterocycles. The molecule has 0 bridgehead atoms. The summed E-state index contributed by atoms with van der Waals surface area (Å²) >= 11 is 0. The zero-order valence-electron chi connectivity index (χ0n) is 10.2. The van der Waals surface area contributed by atoms with E-state index in [1.165, 1.54) is 12.3 Å². The quantitative estimate of drug-likeness (QED) is 0.561. The van der Waals surface area contributed by atoms with Crippen LogP contribution in [0, 0.1) is 11.7 Å². The van der Waals surface area contributed by atoms with Gasteiger partial charge in [0.1, 0.15) is 0 Å². The molecule has 0 saturated heterocycles. The summed E-state index contributed by atoms with van der Waals surface area (Å²) < 4.78 is 13.8. The Balaban J connectivity index is 2.09. The van der Waals surface area contributed by atoms with Crippen LogP contribution in [0.5, 0.6) is 0 Å². The predicted molar refractivity (Wildman–Crippen MR) is 66.3 cm³/mol. The summed E-state index contributed by atoms with van der Waals surface area (Å²) in [6.07, 6.45) is 4.34. The molecule has 1 saturated carbocycles. The van der Waals surface area contributed by atoms with Crippen LogP contribution in [-0.4, -0.2) is 16.9 Å². The number of nitrogen functional groups attached to an aromatic ring is 1. The third-order valence-electron chi connectivity index (χ3n) is 3.30. The van der Waals surface area contributed by atoms with E-state index in [9.17, 15) is 9.18 Å². The summed E-state index contributed by atoms with van der Waals surface area (Å²) in [6.45, 7) is 2.15. The number of carbonyl (C=O) groups excluding carboxylic acids is 1. The van der Waals surface area contributed by atoms with Crippen molar-refractivity contribution < 1.29 is 9.18 Å². The van der Waals surface area contributed by atoms with Gasteiger partial charge in [0.05, 0.1) is 5.56 Å². The van der Waals surface area contributed by atoms with Gasteiger partial charge in [0, 0.05) is 12.2 Å². The Kier molecular flexibility index (Phi) is 3.76. The van der Waals surface area contributed by atoms with Crippen molar-refractivity contribution >= 4 is 11.7 Å². The van der Waals surface area contributed by atoms with Gasteiger partial charge in [-0.25, -0.2) is 15.2 Å². The number of nitrogens with one attached hydrogen (secondary N) is 2. The van der Waals surface area contributed by atoms with E-state index < -0.39 is 11.7 Å². The number of halogens is 1. The Labute approximate surface area is 105 Å². The molecule has 0 radical (unpaired) electrons. The van der Waals surface area contributed by atoms with Crippen LogP contribution in [0.3, 0.4) is 0 Å². The molecule has 98 valence electrons. The number of hydrogen-bond acceptors (Lipinski definition) is 4. The Morgan fingerprint density at radius 3 is 2.94 bits per heavy atom. The van der Waals surface area contributed by atoms with E-state index in [1.807, 2.05) is 0 Å². The van der Waals surface area contributed by atoms with Crippen LogP contribution in [0.2, 0.25) is 0 Å². The van der Waals surface area contributed by atoms with E-state index in [0.717, 1.165) is 19.3 Å². The zero-order valence-corrected chi connectivity index (χ0v) is 10.2. The molecular formula is C12H17FN4O. The summed E-state index contributed by atoms with van der Waals surface area (Å²) in [7, 11) is 0. The molecule has 1 amide bonds. The van der Waals surface area contributed by atoms with Crippen molar-refractivity contribution in [3.8, 4) is 0 Å². The summed E-state index contributed by atoms with van der Waals surface area (Å²) in [5.74, 6) is 4.47. The van der Waals surface area contributed by atoms with Gasteiger partial charge in [0.2, 0.25) is 0 Å². The van der Waals surface area contributed by atoms with Crippen LogP contribution in [0.15, 0.2) is 12.3 Å². The van der Waals surface area contributed by atoms with Gasteiger partial charge >= 0.3 is 0 Å². The third-order valence-corrected chi connectivity index (χ3v) is 3.30. The maximum atomic E-state index is 13.8. The first-order valence-electron chi connectivity index (χ1n) is 6.03. The highest BCUT2D eigenvalue weighted by Crippen LogP contribution is 2.25. The monoisotopic (exact) mass is 252 g/mol. The topological polar surface area (TPSA) is 80.0 Å². The average molecular weight is 252 g/mol. The molecule has 1 fully saturated rings. The first kappa shape index (κ1) is 12.8. The van der Waals surface area contributed by atoms with Crippen molar-refractivity contribution in [3.63, 3.8) is 0 Å². The molecule has 5 nitrogen and oxygen atoms in total. The normalized spacial score (nSPS) is 22.8. The smallest absolute Gasteiger partial charge is 0.254 e. The fraction of sp³-hybridized carbons (Fsp3) is 0.500. The average Bonchev–Trinajstić information content (AvgIpc) is 2.75. The SMILES string of the molecule is CC1CCC(NC(=O)c2ccnc(NN)c2F)C1. The number of aromatic nitrogens is 1. The Morgan fingerprint density at radius 2 is 2.33 bits per heavy atom. The predicted octanol–water partition coefficient (Wildman–Crippen LogP) is 1.42. The van der Waals surface area contributed by atoms with Gasteiger partial charge in [-0.2, -0.15) is 0 Å². The van der Waals surface area contributed by atoms with Crippen molar-refractivity contribution in [2.45, 2.75) is 32.2 Å². The molecule has 18 heavy (non-hydrogen) atoms. The second kappa shape index (κ2) is 5.30. The highest BCUT2D eigenvalue weighted by Gasteiger charge is 2.24. The van der Waals surface area contributed by atoms with Crippen molar-refractivity contribution in [1.29, 1.82) is 0 Å². The maximum Gasteiger partial charge on any atom is 0.254 e. The Bertz CT molecular complexity index is 452. The first-order chi connectivity index (χ1) is 8.61. The molecule has 1 aromatic rings. The van der Waals surface area contributed by atoms with Gasteiger partial charge < -0.3 is 10.7 Å². The largest absolute Gasteiger partial charge is 0.349 e. The number of rotatable bonds is 3. The van der Waals surface area contributed by atoms with Crippen LogP contribution in [-0.2, 0) is 0 Å². The van der Waals surface area contributed by atoms with Gasteiger partial charge in [-0.15, -0.1) is 0 Å². The van der Waals surface area contributed by atoms with E-state index in [2.05, 4.69) is 22.7 Å². The molecule has 2 atom stereocenters. The van der Waals surface area contributed by atoms with Gasteiger partial charge in [0.25, 0.3) is 5.91 Å². The van der Waals surface area contributed by atoms with Crippen LogP contribution >= 0.6 is 0 Å². The van der Waals surface area contributed by atoms with Gasteiger partial charge in [-0.05, 0) is 31.2 Å². The summed E-state index contributed by atoms with van der Waals surface area (Å²) in [6, 6.07) is 1.48.